The molecular weight excluding hydrogens is 359 g/mol. The Morgan fingerprint density at radius 1 is 1.14 bits per heavy atom. The van der Waals surface area contributed by atoms with Crippen molar-refractivity contribution in [3.05, 3.63) is 82.4 Å². The zero-order chi connectivity index (χ0) is 19.7. The van der Waals surface area contributed by atoms with Crippen LogP contribution in [0.4, 0.5) is 4.39 Å². The van der Waals surface area contributed by atoms with Gasteiger partial charge in [-0.05, 0) is 61.2 Å². The van der Waals surface area contributed by atoms with Crippen LogP contribution in [0.5, 0.6) is 0 Å². The summed E-state index contributed by atoms with van der Waals surface area (Å²) in [4.78, 5) is 24.1. The first-order chi connectivity index (χ1) is 13.5. The van der Waals surface area contributed by atoms with Crippen molar-refractivity contribution in [3.63, 3.8) is 0 Å². The first kappa shape index (κ1) is 17.9. The van der Waals surface area contributed by atoms with Gasteiger partial charge in [0, 0.05) is 23.4 Å². The Kier molecular flexibility index (Phi) is 4.65. The molecule has 2 amide bonds. The number of nitrogens with zero attached hydrogens (tertiary/aromatic N) is 2. The van der Waals surface area contributed by atoms with Gasteiger partial charge < -0.3 is 11.1 Å². The summed E-state index contributed by atoms with van der Waals surface area (Å²) in [5.74, 6) is -1.10. The normalized spacial score (nSPS) is 12.6. The van der Waals surface area contributed by atoms with Gasteiger partial charge >= 0.3 is 0 Å². The molecule has 6 nitrogen and oxygen atoms in total. The average molecular weight is 378 g/mol. The van der Waals surface area contributed by atoms with Crippen LogP contribution in [-0.2, 0) is 19.4 Å². The van der Waals surface area contributed by atoms with Gasteiger partial charge in [-0.15, -0.1) is 0 Å². The van der Waals surface area contributed by atoms with Crippen molar-refractivity contribution in [1.82, 2.24) is 15.1 Å². The van der Waals surface area contributed by atoms with E-state index >= 15 is 0 Å². The number of amides is 2. The number of rotatable bonds is 5. The number of hydrogen-bond acceptors (Lipinski definition) is 3. The van der Waals surface area contributed by atoms with Gasteiger partial charge in [0.05, 0.1) is 5.69 Å². The van der Waals surface area contributed by atoms with Crippen LogP contribution in [0.25, 0.3) is 5.69 Å². The third-order valence-corrected chi connectivity index (χ3v) is 4.88. The Hall–Kier alpha value is -3.48. The molecule has 142 valence electrons. The molecule has 4 rings (SSSR count). The Labute approximate surface area is 161 Å². The standard InChI is InChI=1S/C21H19FN4O2/c22-15-7-9-16(10-8-15)26-18-6-2-5-17(18)19(25-26)21(28)24-12-13-3-1-4-14(11-13)20(23)27/h1,3-4,7-11H,2,5-6,12H2,(H2,23,27)(H,24,28). The third-order valence-electron chi connectivity index (χ3n) is 4.88. The molecule has 0 aliphatic heterocycles. The van der Waals surface area contributed by atoms with Crippen molar-refractivity contribution in [1.29, 1.82) is 0 Å². The summed E-state index contributed by atoms with van der Waals surface area (Å²) in [6.45, 7) is 0.262. The minimum Gasteiger partial charge on any atom is -0.366 e. The quantitative estimate of drug-likeness (QED) is 0.715. The second-order valence-electron chi connectivity index (χ2n) is 6.76. The van der Waals surface area contributed by atoms with Crippen LogP contribution in [-0.4, -0.2) is 21.6 Å². The van der Waals surface area contributed by atoms with Gasteiger partial charge in [0.15, 0.2) is 5.69 Å². The molecule has 0 spiro atoms. The monoisotopic (exact) mass is 378 g/mol. The van der Waals surface area contributed by atoms with Crippen molar-refractivity contribution in [2.24, 2.45) is 5.73 Å². The summed E-state index contributed by atoms with van der Waals surface area (Å²) in [6.07, 6.45) is 2.57. The summed E-state index contributed by atoms with van der Waals surface area (Å²) in [5, 5.41) is 7.36. The minimum absolute atomic E-state index is 0.262. The van der Waals surface area contributed by atoms with Gasteiger partial charge in [0.25, 0.3) is 5.91 Å². The topological polar surface area (TPSA) is 90.0 Å². The molecule has 0 radical (unpaired) electrons. The van der Waals surface area contributed by atoms with Gasteiger partial charge in [-0.25, -0.2) is 9.07 Å². The van der Waals surface area contributed by atoms with E-state index in [1.54, 1.807) is 35.0 Å². The molecule has 0 bridgehead atoms. The molecule has 0 saturated carbocycles. The molecule has 0 saturated heterocycles. The zero-order valence-corrected chi connectivity index (χ0v) is 15.1. The predicted octanol–water partition coefficient (Wildman–Crippen LogP) is 2.53. The number of carbonyl (C=O) groups excluding carboxylic acids is 2. The molecule has 3 aromatic rings. The number of carbonyl (C=O) groups is 2. The van der Waals surface area contributed by atoms with Crippen LogP contribution in [0, 0.1) is 5.82 Å². The number of fused-ring (bicyclic) bond motifs is 1. The fourth-order valence-corrected chi connectivity index (χ4v) is 3.52. The van der Waals surface area contributed by atoms with E-state index in [2.05, 4.69) is 10.4 Å². The highest BCUT2D eigenvalue weighted by atomic mass is 19.1. The summed E-state index contributed by atoms with van der Waals surface area (Å²) in [5.41, 5.74) is 9.52. The fourth-order valence-electron chi connectivity index (χ4n) is 3.52. The van der Waals surface area contributed by atoms with Crippen LogP contribution in [0.2, 0.25) is 0 Å². The SMILES string of the molecule is NC(=O)c1cccc(CNC(=O)c2nn(-c3ccc(F)cc3)c3c2CCC3)c1. The lowest BCUT2D eigenvalue weighted by molar-refractivity contribution is 0.0944. The molecular formula is C21H19FN4O2. The highest BCUT2D eigenvalue weighted by Gasteiger charge is 2.26. The van der Waals surface area contributed by atoms with E-state index in [4.69, 9.17) is 5.73 Å². The molecule has 1 aliphatic carbocycles. The first-order valence-corrected chi connectivity index (χ1v) is 9.06. The van der Waals surface area contributed by atoms with Crippen LogP contribution in [0.15, 0.2) is 48.5 Å². The van der Waals surface area contributed by atoms with Crippen LogP contribution >= 0.6 is 0 Å². The molecule has 1 heterocycles. The maximum absolute atomic E-state index is 13.2. The number of hydrogen-bond donors (Lipinski definition) is 2. The first-order valence-electron chi connectivity index (χ1n) is 9.06. The van der Waals surface area contributed by atoms with Crippen LogP contribution in [0.3, 0.4) is 0 Å². The largest absolute Gasteiger partial charge is 0.366 e. The number of benzene rings is 2. The fraction of sp³-hybridized carbons (Fsp3) is 0.190. The summed E-state index contributed by atoms with van der Waals surface area (Å²) < 4.78 is 15.0. The van der Waals surface area contributed by atoms with Crippen molar-refractivity contribution in [2.45, 2.75) is 25.8 Å². The lowest BCUT2D eigenvalue weighted by Crippen LogP contribution is -2.24. The van der Waals surface area contributed by atoms with Crippen molar-refractivity contribution in [3.8, 4) is 5.69 Å². The van der Waals surface area contributed by atoms with Gasteiger partial charge in [0.2, 0.25) is 5.91 Å². The molecule has 3 N–H and O–H groups in total. The second kappa shape index (κ2) is 7.26. The van der Waals surface area contributed by atoms with Crippen molar-refractivity contribution >= 4 is 11.8 Å². The number of halogens is 1. The summed E-state index contributed by atoms with van der Waals surface area (Å²) in [6, 6.07) is 12.9. The molecule has 28 heavy (non-hydrogen) atoms. The lowest BCUT2D eigenvalue weighted by atomic mass is 10.1. The highest BCUT2D eigenvalue weighted by Crippen LogP contribution is 2.28. The van der Waals surface area contributed by atoms with E-state index < -0.39 is 5.91 Å². The number of nitrogens with two attached hydrogens (primary N) is 1. The smallest absolute Gasteiger partial charge is 0.272 e. The molecule has 1 aliphatic rings. The maximum Gasteiger partial charge on any atom is 0.272 e. The van der Waals surface area contributed by atoms with E-state index in [9.17, 15) is 14.0 Å². The Bertz CT molecular complexity index is 1060. The van der Waals surface area contributed by atoms with Gasteiger partial charge in [-0.1, -0.05) is 12.1 Å². The predicted molar refractivity (Wildman–Crippen MR) is 102 cm³/mol. The molecule has 7 heteroatoms. The average Bonchev–Trinajstić information content (AvgIpc) is 3.30. The van der Waals surface area contributed by atoms with E-state index in [1.165, 1.54) is 12.1 Å². The summed E-state index contributed by atoms with van der Waals surface area (Å²) in [7, 11) is 0. The molecule has 0 atom stereocenters. The second-order valence-corrected chi connectivity index (χ2v) is 6.76. The Morgan fingerprint density at radius 3 is 2.68 bits per heavy atom. The van der Waals surface area contributed by atoms with Gasteiger partial charge in [-0.2, -0.15) is 5.10 Å². The molecule has 0 unspecified atom stereocenters. The Balaban J connectivity index is 1.57. The molecule has 2 aromatic carbocycles. The Morgan fingerprint density at radius 2 is 1.93 bits per heavy atom. The van der Waals surface area contributed by atoms with Crippen molar-refractivity contribution < 1.29 is 14.0 Å². The zero-order valence-electron chi connectivity index (χ0n) is 15.1. The molecule has 0 fully saturated rings. The van der Waals surface area contributed by atoms with E-state index in [-0.39, 0.29) is 18.3 Å². The maximum atomic E-state index is 13.2. The van der Waals surface area contributed by atoms with Crippen LogP contribution in [0.1, 0.15) is 44.1 Å². The van der Waals surface area contributed by atoms with Gasteiger partial charge in [-0.3, -0.25) is 9.59 Å². The number of aromatic nitrogens is 2. The van der Waals surface area contributed by atoms with E-state index in [0.717, 1.165) is 41.8 Å². The number of nitrogens with one attached hydrogen (secondary N) is 1. The highest BCUT2D eigenvalue weighted by molar-refractivity contribution is 5.94. The number of primary amides is 1. The minimum atomic E-state index is -0.510. The van der Waals surface area contributed by atoms with Gasteiger partial charge in [0.1, 0.15) is 5.82 Å². The van der Waals surface area contributed by atoms with Crippen LogP contribution < -0.4 is 11.1 Å². The van der Waals surface area contributed by atoms with E-state index in [1.807, 2.05) is 6.07 Å². The lowest BCUT2D eigenvalue weighted by Gasteiger charge is -2.06. The molecule has 1 aromatic heterocycles. The van der Waals surface area contributed by atoms with Crippen molar-refractivity contribution in [2.75, 3.05) is 0 Å². The van der Waals surface area contributed by atoms with E-state index in [0.29, 0.717) is 11.3 Å². The third kappa shape index (κ3) is 3.38. The summed E-state index contributed by atoms with van der Waals surface area (Å²) >= 11 is 0.